The molecule has 0 bridgehead atoms. The highest BCUT2D eigenvalue weighted by Gasteiger charge is 2.26. The molecule has 0 spiro atoms. The van der Waals surface area contributed by atoms with Crippen molar-refractivity contribution in [1.82, 2.24) is 44.1 Å². The van der Waals surface area contributed by atoms with E-state index in [0.717, 1.165) is 87.9 Å². The normalized spacial score (nSPS) is 14.0. The highest BCUT2D eigenvalue weighted by atomic mass is 35.5. The largest absolute Gasteiger partial charge is 0.493 e. The lowest BCUT2D eigenvalue weighted by molar-refractivity contribution is -0.156. The van der Waals surface area contributed by atoms with E-state index in [1.54, 1.807) is 85.1 Å². The number of halogens is 7. The monoisotopic (exact) mass is 1180 g/mol. The Balaban J connectivity index is 0.000000187. The first-order valence-electron chi connectivity index (χ1n) is 27.0. The molecule has 434 valence electrons. The van der Waals surface area contributed by atoms with Crippen LogP contribution in [0.15, 0.2) is 115 Å². The van der Waals surface area contributed by atoms with Crippen LogP contribution in [0, 0.1) is 11.6 Å². The van der Waals surface area contributed by atoms with Crippen molar-refractivity contribution in [2.45, 2.75) is 98.1 Å². The summed E-state index contributed by atoms with van der Waals surface area (Å²) in [6.45, 7) is 4.54. The molecule has 16 nitrogen and oxygen atoms in total. The second-order valence-corrected chi connectivity index (χ2v) is 19.5. The Kier molecular flexibility index (Phi) is 21.6. The first-order chi connectivity index (χ1) is 40.2. The molecule has 7 heterocycles. The highest BCUT2D eigenvalue weighted by molar-refractivity contribution is 6.31. The first kappa shape index (κ1) is 60.7. The number of aliphatic imine (C=N–C) groups is 1. The maximum Gasteiger partial charge on any atom is 0.446 e. The molecular weight excluding hydrogens is 1120 g/mol. The van der Waals surface area contributed by atoms with Gasteiger partial charge in [0, 0.05) is 90.5 Å². The SMILES string of the molecule is C.Fc1ccc2c(c1CCc1ncc(C3=CCCCC3)c3nncn13)CCO2.O=C(Nc1ccc(Cl)cc1)N1CC=C(c2cnc(CCc3c(F)ccc4c3CCO4)n3cnnc23)CC1.O=C=Nc1ccc(Cl)cc1.O=CC(F)(F)F.[2H]CC. The third kappa shape index (κ3) is 16.0. The van der Waals surface area contributed by atoms with Crippen molar-refractivity contribution < 1.29 is 47.2 Å². The van der Waals surface area contributed by atoms with Gasteiger partial charge in [0.2, 0.25) is 12.4 Å². The average molecular weight is 1180 g/mol. The number of isocyanates is 1. The number of aldehydes is 1. The summed E-state index contributed by atoms with van der Waals surface area (Å²) in [6.07, 6.45) is 16.2. The molecule has 0 unspecified atom stereocenters. The van der Waals surface area contributed by atoms with Crippen molar-refractivity contribution in [3.8, 4) is 11.5 Å². The van der Waals surface area contributed by atoms with Crippen LogP contribution in [-0.2, 0) is 48.1 Å². The van der Waals surface area contributed by atoms with Gasteiger partial charge in [0.05, 0.1) is 18.9 Å². The molecule has 8 aromatic rings. The Morgan fingerprint density at radius 1 is 0.747 bits per heavy atom. The number of aryl methyl sites for hydroxylation is 2. The zero-order valence-electron chi connectivity index (χ0n) is 45.4. The van der Waals surface area contributed by atoms with Crippen LogP contribution in [0.1, 0.15) is 99.8 Å². The zero-order chi connectivity index (χ0) is 58.9. The van der Waals surface area contributed by atoms with Gasteiger partial charge in [-0.15, -0.1) is 20.4 Å². The summed E-state index contributed by atoms with van der Waals surface area (Å²) in [5, 5.41) is 21.0. The Morgan fingerprint density at radius 3 is 1.71 bits per heavy atom. The van der Waals surface area contributed by atoms with Crippen LogP contribution in [0.3, 0.4) is 0 Å². The summed E-state index contributed by atoms with van der Waals surface area (Å²) in [5.74, 6) is 2.83. The second-order valence-electron chi connectivity index (χ2n) is 18.6. The van der Waals surface area contributed by atoms with E-state index in [1.165, 1.54) is 36.6 Å². The summed E-state index contributed by atoms with van der Waals surface area (Å²) >= 11 is 11.5. The van der Waals surface area contributed by atoms with Gasteiger partial charge in [-0.05, 0) is 140 Å². The molecule has 0 fully saturated rings. The minimum Gasteiger partial charge on any atom is -0.493 e. The number of carbonyl (C=O) groups excluding carboxylic acids is 3. The third-order valence-corrected chi connectivity index (χ3v) is 14.1. The fourth-order valence-corrected chi connectivity index (χ4v) is 9.94. The minimum absolute atomic E-state index is 0. The van der Waals surface area contributed by atoms with Crippen LogP contribution < -0.4 is 14.8 Å². The molecule has 2 amide bonds. The molecule has 23 heteroatoms. The number of alkyl halides is 3. The number of hydrogen-bond acceptors (Lipinski definition) is 12. The van der Waals surface area contributed by atoms with E-state index in [2.05, 4.69) is 41.8 Å². The number of hydrogen-bond donors (Lipinski definition) is 1. The molecule has 0 saturated carbocycles. The van der Waals surface area contributed by atoms with E-state index in [9.17, 15) is 31.5 Å². The first-order valence-corrected chi connectivity index (χ1v) is 27.0. The summed E-state index contributed by atoms with van der Waals surface area (Å²) in [5.41, 5.74) is 10.5. The molecule has 0 radical (unpaired) electrons. The Morgan fingerprint density at radius 2 is 1.25 bits per heavy atom. The smallest absolute Gasteiger partial charge is 0.446 e. The van der Waals surface area contributed by atoms with Gasteiger partial charge >= 0.3 is 12.2 Å². The van der Waals surface area contributed by atoms with E-state index in [-0.39, 0.29) is 25.1 Å². The maximum atomic E-state index is 14.6. The number of urea groups is 1. The van der Waals surface area contributed by atoms with E-state index < -0.39 is 12.5 Å². The Hall–Kier alpha value is -8.39. The fraction of sp³-hybridized carbons (Fsp3) is 0.317. The number of anilines is 1. The van der Waals surface area contributed by atoms with Crippen LogP contribution >= 0.6 is 23.2 Å². The number of allylic oxidation sites excluding steroid dienone is 2. The van der Waals surface area contributed by atoms with Crippen LogP contribution in [0.4, 0.5) is 38.1 Å². The van der Waals surface area contributed by atoms with E-state index in [4.69, 9.17) is 43.8 Å². The molecule has 83 heavy (non-hydrogen) atoms. The van der Waals surface area contributed by atoms with Crippen molar-refractivity contribution in [3.63, 3.8) is 0 Å². The van der Waals surface area contributed by atoms with E-state index >= 15 is 0 Å². The number of ether oxygens (including phenoxy) is 2. The van der Waals surface area contributed by atoms with E-state index in [0.29, 0.717) is 97.9 Å². The van der Waals surface area contributed by atoms with Crippen molar-refractivity contribution in [2.75, 3.05) is 31.6 Å². The minimum atomic E-state index is -4.64. The lowest BCUT2D eigenvalue weighted by Gasteiger charge is -2.27. The van der Waals surface area contributed by atoms with Gasteiger partial charge in [0.1, 0.15) is 47.4 Å². The topological polar surface area (TPSA) is 183 Å². The maximum absolute atomic E-state index is 14.6. The molecule has 4 aliphatic rings. The van der Waals surface area contributed by atoms with Gasteiger partial charge in [-0.1, -0.05) is 56.6 Å². The van der Waals surface area contributed by atoms with Gasteiger partial charge in [0.25, 0.3) is 0 Å². The van der Waals surface area contributed by atoms with Crippen molar-refractivity contribution in [1.29, 1.82) is 0 Å². The van der Waals surface area contributed by atoms with Crippen molar-refractivity contribution >= 4 is 75.4 Å². The quantitative estimate of drug-likeness (QED) is 0.0595. The number of nitrogens with one attached hydrogen (secondary N) is 1. The number of amides is 2. The number of benzene rings is 4. The highest BCUT2D eigenvalue weighted by Crippen LogP contribution is 2.34. The third-order valence-electron chi connectivity index (χ3n) is 13.6. The number of carbonyl (C=O) groups is 2. The lowest BCUT2D eigenvalue weighted by atomic mass is 9.95. The van der Waals surface area contributed by atoms with Gasteiger partial charge in [0.15, 0.2) is 11.3 Å². The standard InChI is InChI=1S/C27H24ClFN6O2.C21H21FN4O.C7H4ClNO.C2HF3O.C2H6.CH4/c28-18-1-3-19(4-2-18)32-27(36)34-12-9-17(10-13-34)22-15-30-25(35-16-31-33-26(22)35)8-5-20-21-11-14-37-24(21)7-6-23(20)29;22-18-7-8-19-16(10-11-27-19)15(18)6-9-20-23-12-17(14-4-2-1-3-5-14)21-25-24-13-26(20)21;8-6-1-3-7(4-2-6)9-5-10;3-2(4,5)1-6;1-2;/h1-4,6-7,9,15-16H,5,8,10-14H2,(H,32,36);4,7-8,12-13H,1-3,5-6,9-11H2;1-4H;1H;1-2H3;1H4/i;;;;1D;. The predicted molar refractivity (Wildman–Crippen MR) is 308 cm³/mol. The summed E-state index contributed by atoms with van der Waals surface area (Å²) in [4.78, 5) is 45.6. The van der Waals surface area contributed by atoms with E-state index in [1.807, 2.05) is 27.3 Å². The van der Waals surface area contributed by atoms with Gasteiger partial charge in [-0.2, -0.15) is 18.2 Å². The Labute approximate surface area is 487 Å². The molecule has 0 atom stereocenters. The summed E-state index contributed by atoms with van der Waals surface area (Å²) in [6, 6.07) is 19.9. The molecule has 4 aromatic heterocycles. The van der Waals surface area contributed by atoms with Crippen LogP contribution in [0.25, 0.3) is 22.4 Å². The fourth-order valence-electron chi connectivity index (χ4n) is 9.69. The number of aromatic nitrogens is 8. The predicted octanol–water partition coefficient (Wildman–Crippen LogP) is 13.6. The second kappa shape index (κ2) is 29.5. The number of fused-ring (bicyclic) bond motifs is 4. The number of nitrogens with zero attached hydrogens (tertiary/aromatic N) is 10. The van der Waals surface area contributed by atoms with Crippen LogP contribution in [0.2, 0.25) is 10.0 Å². The van der Waals surface area contributed by atoms with Crippen LogP contribution in [0.5, 0.6) is 11.5 Å². The molecule has 1 aliphatic carbocycles. The molecule has 3 aliphatic heterocycles. The molecule has 1 N–H and O–H groups in total. The molecule has 4 aromatic carbocycles. The molecular formula is C60H60Cl2F5N11O5. The zero-order valence-corrected chi connectivity index (χ0v) is 46.0. The van der Waals surface area contributed by atoms with Crippen molar-refractivity contribution in [2.24, 2.45) is 4.99 Å². The Bertz CT molecular complexity index is 3670. The summed E-state index contributed by atoms with van der Waals surface area (Å²) in [7, 11) is 0. The van der Waals surface area contributed by atoms with Gasteiger partial charge in [-0.25, -0.2) is 28.3 Å². The molecule has 0 saturated heterocycles. The van der Waals surface area contributed by atoms with Gasteiger partial charge < -0.3 is 19.7 Å². The van der Waals surface area contributed by atoms with Crippen LogP contribution in [-0.4, -0.2) is 94.9 Å². The lowest BCUT2D eigenvalue weighted by Crippen LogP contribution is -2.37. The van der Waals surface area contributed by atoms with Gasteiger partial charge in [-0.3, -0.25) is 13.6 Å². The molecule has 12 rings (SSSR count). The van der Waals surface area contributed by atoms with Crippen molar-refractivity contribution in [3.05, 3.63) is 177 Å². The average Bonchev–Trinajstić information content (AvgIpc) is 4.27. The number of rotatable bonds is 10. The summed E-state index contributed by atoms with van der Waals surface area (Å²) < 4.78 is 81.4.